The number of ether oxygens (including phenoxy) is 1. The van der Waals surface area contributed by atoms with Gasteiger partial charge in [0.25, 0.3) is 0 Å². The summed E-state index contributed by atoms with van der Waals surface area (Å²) >= 11 is 0. The summed E-state index contributed by atoms with van der Waals surface area (Å²) in [7, 11) is 0. The lowest BCUT2D eigenvalue weighted by Crippen LogP contribution is -2.13. The number of para-hydroxylation sites is 1. The standard InChI is InChI=1S/C10H13O2/c1-9(7-8-11)12-10-5-3-2-4-6-10/h2-6,9,11H,1,7-8H2. The lowest BCUT2D eigenvalue weighted by Gasteiger charge is -2.12. The zero-order valence-corrected chi connectivity index (χ0v) is 6.94. The van der Waals surface area contributed by atoms with E-state index in [1.165, 1.54) is 0 Å². The first kappa shape index (κ1) is 9.07. The summed E-state index contributed by atoms with van der Waals surface area (Å²) in [5, 5.41) is 8.59. The first-order valence-corrected chi connectivity index (χ1v) is 3.98. The maximum Gasteiger partial charge on any atom is 0.119 e. The summed E-state index contributed by atoms with van der Waals surface area (Å²) in [4.78, 5) is 0. The molecular weight excluding hydrogens is 152 g/mol. The molecule has 0 amide bonds. The highest BCUT2D eigenvalue weighted by atomic mass is 16.5. The van der Waals surface area contributed by atoms with E-state index in [0.29, 0.717) is 6.42 Å². The molecule has 1 atom stereocenters. The summed E-state index contributed by atoms with van der Waals surface area (Å²) in [6.45, 7) is 3.85. The monoisotopic (exact) mass is 165 g/mol. The SMILES string of the molecule is [CH2]C(CCO)Oc1ccccc1. The summed E-state index contributed by atoms with van der Waals surface area (Å²) in [5.74, 6) is 0.797. The fraction of sp³-hybridized carbons (Fsp3) is 0.300. The van der Waals surface area contributed by atoms with E-state index in [2.05, 4.69) is 6.92 Å². The molecule has 0 spiro atoms. The van der Waals surface area contributed by atoms with Gasteiger partial charge in [-0.25, -0.2) is 0 Å². The average Bonchev–Trinajstić information content (AvgIpc) is 2.06. The summed E-state index contributed by atoms with van der Waals surface area (Å²) in [6.07, 6.45) is 0.395. The van der Waals surface area contributed by atoms with Gasteiger partial charge in [0.15, 0.2) is 0 Å². The van der Waals surface area contributed by atoms with E-state index in [9.17, 15) is 0 Å². The topological polar surface area (TPSA) is 29.5 Å². The molecule has 0 saturated carbocycles. The lowest BCUT2D eigenvalue weighted by molar-refractivity contribution is 0.187. The molecule has 2 heteroatoms. The van der Waals surface area contributed by atoms with Crippen molar-refractivity contribution in [2.24, 2.45) is 0 Å². The van der Waals surface area contributed by atoms with Crippen molar-refractivity contribution in [2.75, 3.05) is 6.61 Å². The number of aliphatic hydroxyl groups excluding tert-OH is 1. The first-order valence-electron chi connectivity index (χ1n) is 3.98. The van der Waals surface area contributed by atoms with Crippen molar-refractivity contribution < 1.29 is 9.84 Å². The lowest BCUT2D eigenvalue weighted by atomic mass is 10.3. The quantitative estimate of drug-likeness (QED) is 0.735. The highest BCUT2D eigenvalue weighted by Crippen LogP contribution is 2.11. The molecule has 2 nitrogen and oxygen atoms in total. The van der Waals surface area contributed by atoms with Gasteiger partial charge >= 0.3 is 0 Å². The van der Waals surface area contributed by atoms with Crippen LogP contribution in [-0.4, -0.2) is 17.8 Å². The molecule has 0 aliphatic rings. The highest BCUT2D eigenvalue weighted by Gasteiger charge is 2.01. The van der Waals surface area contributed by atoms with Gasteiger partial charge in [-0.1, -0.05) is 18.2 Å². The Bertz CT molecular complexity index is 208. The molecule has 1 N–H and O–H groups in total. The van der Waals surface area contributed by atoms with Crippen molar-refractivity contribution in [3.63, 3.8) is 0 Å². The molecule has 12 heavy (non-hydrogen) atoms. The van der Waals surface area contributed by atoms with Crippen molar-refractivity contribution >= 4 is 0 Å². The maximum absolute atomic E-state index is 8.59. The van der Waals surface area contributed by atoms with Crippen LogP contribution < -0.4 is 4.74 Å². The predicted octanol–water partition coefficient (Wildman–Crippen LogP) is 1.65. The highest BCUT2D eigenvalue weighted by molar-refractivity contribution is 5.21. The molecule has 0 fully saturated rings. The Balaban J connectivity index is 2.41. The fourth-order valence-electron chi connectivity index (χ4n) is 0.894. The Morgan fingerprint density at radius 3 is 2.58 bits per heavy atom. The predicted molar refractivity (Wildman–Crippen MR) is 47.9 cm³/mol. The molecule has 1 radical (unpaired) electrons. The van der Waals surface area contributed by atoms with Crippen LogP contribution in [0.25, 0.3) is 0 Å². The Labute approximate surface area is 72.8 Å². The van der Waals surface area contributed by atoms with Crippen LogP contribution in [0.15, 0.2) is 30.3 Å². The molecule has 0 bridgehead atoms. The van der Waals surface area contributed by atoms with Gasteiger partial charge < -0.3 is 9.84 Å². The van der Waals surface area contributed by atoms with Crippen molar-refractivity contribution in [1.82, 2.24) is 0 Å². The largest absolute Gasteiger partial charge is 0.490 e. The smallest absolute Gasteiger partial charge is 0.119 e. The van der Waals surface area contributed by atoms with Crippen LogP contribution in [-0.2, 0) is 0 Å². The van der Waals surface area contributed by atoms with E-state index in [1.54, 1.807) is 0 Å². The molecule has 1 unspecified atom stereocenters. The summed E-state index contributed by atoms with van der Waals surface area (Å²) in [5.41, 5.74) is 0. The summed E-state index contributed by atoms with van der Waals surface area (Å²) in [6, 6.07) is 9.48. The van der Waals surface area contributed by atoms with E-state index in [1.807, 2.05) is 30.3 Å². The molecule has 0 aliphatic heterocycles. The number of benzene rings is 1. The number of hydrogen-bond acceptors (Lipinski definition) is 2. The Hall–Kier alpha value is -1.02. The van der Waals surface area contributed by atoms with Gasteiger partial charge in [-0.15, -0.1) is 0 Å². The fourth-order valence-corrected chi connectivity index (χ4v) is 0.894. The van der Waals surface area contributed by atoms with Gasteiger partial charge in [0, 0.05) is 13.0 Å². The number of hydrogen-bond donors (Lipinski definition) is 1. The van der Waals surface area contributed by atoms with Crippen LogP contribution in [0.4, 0.5) is 0 Å². The zero-order valence-electron chi connectivity index (χ0n) is 6.94. The number of aliphatic hydroxyl groups is 1. The summed E-state index contributed by atoms with van der Waals surface area (Å²) < 4.78 is 5.38. The van der Waals surface area contributed by atoms with Crippen molar-refractivity contribution in [3.8, 4) is 5.75 Å². The molecular formula is C10H13O2. The average molecular weight is 165 g/mol. The van der Waals surface area contributed by atoms with E-state index < -0.39 is 0 Å². The van der Waals surface area contributed by atoms with Crippen LogP contribution in [0, 0.1) is 6.92 Å². The molecule has 1 aromatic carbocycles. The molecule has 0 aromatic heterocycles. The minimum atomic E-state index is -0.169. The second-order valence-corrected chi connectivity index (χ2v) is 2.57. The molecule has 0 heterocycles. The zero-order chi connectivity index (χ0) is 8.81. The maximum atomic E-state index is 8.59. The van der Waals surface area contributed by atoms with Crippen LogP contribution in [0.2, 0.25) is 0 Å². The van der Waals surface area contributed by atoms with E-state index in [4.69, 9.17) is 9.84 Å². The Morgan fingerprint density at radius 2 is 2.00 bits per heavy atom. The van der Waals surface area contributed by atoms with Crippen LogP contribution in [0.5, 0.6) is 5.75 Å². The van der Waals surface area contributed by atoms with Crippen LogP contribution in [0.3, 0.4) is 0 Å². The van der Waals surface area contributed by atoms with Gasteiger partial charge in [-0.05, 0) is 19.1 Å². The van der Waals surface area contributed by atoms with Gasteiger partial charge in [0.2, 0.25) is 0 Å². The third-order valence-corrected chi connectivity index (χ3v) is 1.50. The molecule has 1 rings (SSSR count). The van der Waals surface area contributed by atoms with Gasteiger partial charge in [0.05, 0.1) is 0 Å². The second-order valence-electron chi connectivity index (χ2n) is 2.57. The minimum absolute atomic E-state index is 0.112. The van der Waals surface area contributed by atoms with Crippen molar-refractivity contribution in [2.45, 2.75) is 12.5 Å². The third kappa shape index (κ3) is 2.93. The van der Waals surface area contributed by atoms with Crippen LogP contribution in [0.1, 0.15) is 6.42 Å². The minimum Gasteiger partial charge on any atom is -0.490 e. The molecule has 65 valence electrons. The molecule has 1 aromatic rings. The van der Waals surface area contributed by atoms with Crippen molar-refractivity contribution in [3.05, 3.63) is 37.3 Å². The van der Waals surface area contributed by atoms with E-state index in [-0.39, 0.29) is 12.7 Å². The van der Waals surface area contributed by atoms with Gasteiger partial charge in [-0.2, -0.15) is 0 Å². The molecule has 0 saturated heterocycles. The normalized spacial score (nSPS) is 12.5. The Kier molecular flexibility index (Phi) is 3.61. The molecule has 0 aliphatic carbocycles. The van der Waals surface area contributed by atoms with E-state index >= 15 is 0 Å². The van der Waals surface area contributed by atoms with Gasteiger partial charge in [-0.3, -0.25) is 0 Å². The van der Waals surface area contributed by atoms with Gasteiger partial charge in [0.1, 0.15) is 11.9 Å². The van der Waals surface area contributed by atoms with E-state index in [0.717, 1.165) is 5.75 Å². The van der Waals surface area contributed by atoms with Crippen LogP contribution >= 0.6 is 0 Å². The Morgan fingerprint density at radius 1 is 1.33 bits per heavy atom. The van der Waals surface area contributed by atoms with Crippen molar-refractivity contribution in [1.29, 1.82) is 0 Å². The first-order chi connectivity index (χ1) is 5.83. The third-order valence-electron chi connectivity index (χ3n) is 1.50. The second kappa shape index (κ2) is 4.78. The number of rotatable bonds is 4.